The van der Waals surface area contributed by atoms with Crippen LogP contribution < -0.4 is 10.1 Å². The Hall–Kier alpha value is -1.72. The summed E-state index contributed by atoms with van der Waals surface area (Å²) in [6, 6.07) is 9.76. The number of nitriles is 1. The van der Waals surface area contributed by atoms with Crippen LogP contribution in [0.2, 0.25) is 0 Å². The molecule has 0 unspecified atom stereocenters. The van der Waals surface area contributed by atoms with Gasteiger partial charge in [0.1, 0.15) is 10.9 Å². The van der Waals surface area contributed by atoms with Crippen molar-refractivity contribution in [2.75, 3.05) is 5.32 Å². The molecule has 2 aromatic rings. The van der Waals surface area contributed by atoms with Gasteiger partial charge in [0.15, 0.2) is 5.75 Å². The molecular formula is C13H8BrF3N2OS. The molecule has 0 saturated carbocycles. The number of anilines is 1. The maximum atomic E-state index is 12.4. The smallest absolute Gasteiger partial charge is 0.404 e. The summed E-state index contributed by atoms with van der Waals surface area (Å²) < 4.78 is 41.6. The molecule has 1 aromatic carbocycles. The van der Waals surface area contributed by atoms with E-state index in [1.54, 1.807) is 18.2 Å². The van der Waals surface area contributed by atoms with E-state index in [1.807, 2.05) is 6.07 Å². The lowest BCUT2D eigenvalue weighted by atomic mass is 10.3. The van der Waals surface area contributed by atoms with E-state index >= 15 is 0 Å². The Morgan fingerprint density at radius 1 is 1.29 bits per heavy atom. The first-order valence-electron chi connectivity index (χ1n) is 5.65. The average Bonchev–Trinajstić information content (AvgIpc) is 2.84. The molecule has 110 valence electrons. The number of benzene rings is 1. The number of rotatable bonds is 4. The second kappa shape index (κ2) is 6.37. The van der Waals surface area contributed by atoms with Gasteiger partial charge in [-0.05, 0) is 30.3 Å². The number of hydrogen-bond acceptors (Lipinski definition) is 4. The number of hydrogen-bond donors (Lipinski definition) is 1. The van der Waals surface area contributed by atoms with Crippen LogP contribution >= 0.6 is 27.3 Å². The van der Waals surface area contributed by atoms with Crippen molar-refractivity contribution in [3.05, 3.63) is 44.6 Å². The van der Waals surface area contributed by atoms with Gasteiger partial charge in [0, 0.05) is 15.9 Å². The summed E-state index contributed by atoms with van der Waals surface area (Å²) in [5.41, 5.74) is 0.224. The van der Waals surface area contributed by atoms with E-state index in [0.717, 1.165) is 4.88 Å². The predicted molar refractivity (Wildman–Crippen MR) is 77.2 cm³/mol. The molecule has 2 rings (SSSR count). The quantitative estimate of drug-likeness (QED) is 0.825. The molecule has 8 heteroatoms. The summed E-state index contributed by atoms with van der Waals surface area (Å²) in [5.74, 6) is -0.311. The van der Waals surface area contributed by atoms with E-state index in [1.165, 1.54) is 23.5 Å². The second-order valence-corrected chi connectivity index (χ2v) is 6.00. The maximum absolute atomic E-state index is 12.4. The molecule has 21 heavy (non-hydrogen) atoms. The number of thiophene rings is 1. The Labute approximate surface area is 131 Å². The fourth-order valence-electron chi connectivity index (χ4n) is 1.57. The molecule has 0 fully saturated rings. The van der Waals surface area contributed by atoms with Crippen LogP contribution in [0.15, 0.2) is 34.8 Å². The van der Waals surface area contributed by atoms with Crippen LogP contribution in [-0.2, 0) is 6.54 Å². The molecule has 0 spiro atoms. The highest BCUT2D eigenvalue weighted by molar-refractivity contribution is 9.10. The van der Waals surface area contributed by atoms with Gasteiger partial charge in [-0.3, -0.25) is 0 Å². The van der Waals surface area contributed by atoms with E-state index in [9.17, 15) is 13.2 Å². The van der Waals surface area contributed by atoms with Gasteiger partial charge in [0.2, 0.25) is 0 Å². The van der Waals surface area contributed by atoms with Gasteiger partial charge in [-0.1, -0.05) is 15.9 Å². The van der Waals surface area contributed by atoms with Crippen LogP contribution in [0.3, 0.4) is 0 Å². The number of ether oxygens (including phenoxy) is 1. The minimum Gasteiger partial charge on any atom is -0.404 e. The van der Waals surface area contributed by atoms with Crippen molar-refractivity contribution < 1.29 is 17.9 Å². The lowest BCUT2D eigenvalue weighted by molar-refractivity contribution is -0.274. The molecule has 1 heterocycles. The Morgan fingerprint density at radius 2 is 2.05 bits per heavy atom. The first kappa shape index (κ1) is 15.7. The van der Waals surface area contributed by atoms with Gasteiger partial charge in [-0.25, -0.2) is 0 Å². The minimum atomic E-state index is -4.76. The molecule has 1 aromatic heterocycles. The zero-order valence-corrected chi connectivity index (χ0v) is 12.8. The molecule has 0 aliphatic rings. The van der Waals surface area contributed by atoms with Crippen LogP contribution in [0, 0.1) is 11.3 Å². The zero-order chi connectivity index (χ0) is 15.5. The van der Waals surface area contributed by atoms with Crippen molar-refractivity contribution in [3.8, 4) is 11.8 Å². The summed E-state index contributed by atoms with van der Waals surface area (Å²) in [5, 5.41) is 11.6. The highest BCUT2D eigenvalue weighted by atomic mass is 79.9. The molecule has 0 bridgehead atoms. The number of nitrogens with zero attached hydrogens (tertiary/aromatic N) is 1. The maximum Gasteiger partial charge on any atom is 0.573 e. The fourth-order valence-corrected chi connectivity index (χ4v) is 2.65. The lowest BCUT2D eigenvalue weighted by Crippen LogP contribution is -2.18. The Balaban J connectivity index is 2.14. The fraction of sp³-hybridized carbons (Fsp3) is 0.154. The standard InChI is InChI=1S/C13H8BrF3N2OS/c14-8-1-4-11(12(5-8)20-13(15,16)17)19-7-10-3-2-9(6-18)21-10/h1-5,19H,7H2. The highest BCUT2D eigenvalue weighted by Crippen LogP contribution is 2.33. The minimum absolute atomic E-state index is 0.224. The Morgan fingerprint density at radius 3 is 2.67 bits per heavy atom. The van der Waals surface area contributed by atoms with E-state index < -0.39 is 6.36 Å². The molecule has 0 saturated heterocycles. The monoisotopic (exact) mass is 376 g/mol. The topological polar surface area (TPSA) is 45.0 Å². The molecule has 0 radical (unpaired) electrons. The van der Waals surface area contributed by atoms with Crippen LogP contribution in [-0.4, -0.2) is 6.36 Å². The molecule has 1 N–H and O–H groups in total. The molecule has 0 aliphatic heterocycles. The van der Waals surface area contributed by atoms with Crippen molar-refractivity contribution in [1.29, 1.82) is 5.26 Å². The van der Waals surface area contributed by atoms with Gasteiger partial charge in [-0.2, -0.15) is 5.26 Å². The first-order valence-corrected chi connectivity index (χ1v) is 7.26. The van der Waals surface area contributed by atoms with E-state index in [2.05, 4.69) is 26.0 Å². The van der Waals surface area contributed by atoms with E-state index in [-0.39, 0.29) is 11.4 Å². The summed E-state index contributed by atoms with van der Waals surface area (Å²) in [6.45, 7) is 0.308. The third-order valence-electron chi connectivity index (χ3n) is 2.39. The van der Waals surface area contributed by atoms with Crippen LogP contribution in [0.1, 0.15) is 9.75 Å². The third-order valence-corrected chi connectivity index (χ3v) is 3.88. The second-order valence-electron chi connectivity index (χ2n) is 3.92. The van der Waals surface area contributed by atoms with Crippen molar-refractivity contribution >= 4 is 33.0 Å². The molecule has 0 atom stereocenters. The summed E-state index contributed by atoms with van der Waals surface area (Å²) in [6.07, 6.45) is -4.76. The number of alkyl halides is 3. The highest BCUT2D eigenvalue weighted by Gasteiger charge is 2.32. The van der Waals surface area contributed by atoms with Crippen LogP contribution in [0.5, 0.6) is 5.75 Å². The number of nitrogens with one attached hydrogen (secondary N) is 1. The summed E-state index contributed by atoms with van der Waals surface area (Å²) in [7, 11) is 0. The van der Waals surface area contributed by atoms with Crippen molar-refractivity contribution in [2.45, 2.75) is 12.9 Å². The van der Waals surface area contributed by atoms with E-state index in [4.69, 9.17) is 5.26 Å². The largest absolute Gasteiger partial charge is 0.573 e. The van der Waals surface area contributed by atoms with Crippen molar-refractivity contribution in [1.82, 2.24) is 0 Å². The van der Waals surface area contributed by atoms with Gasteiger partial charge in [0.25, 0.3) is 0 Å². The zero-order valence-electron chi connectivity index (χ0n) is 10.4. The van der Waals surface area contributed by atoms with Gasteiger partial charge in [0.05, 0.1) is 5.69 Å². The van der Waals surface area contributed by atoms with Gasteiger partial charge < -0.3 is 10.1 Å². The molecule has 3 nitrogen and oxygen atoms in total. The molecular weight excluding hydrogens is 369 g/mol. The van der Waals surface area contributed by atoms with Crippen LogP contribution in [0.25, 0.3) is 0 Å². The Bertz CT molecular complexity index is 679. The number of halogens is 4. The summed E-state index contributed by atoms with van der Waals surface area (Å²) in [4.78, 5) is 1.39. The molecule has 0 amide bonds. The average molecular weight is 377 g/mol. The molecule has 0 aliphatic carbocycles. The summed E-state index contributed by atoms with van der Waals surface area (Å²) >= 11 is 4.38. The van der Waals surface area contributed by atoms with Gasteiger partial charge in [-0.15, -0.1) is 24.5 Å². The van der Waals surface area contributed by atoms with Crippen molar-refractivity contribution in [3.63, 3.8) is 0 Å². The SMILES string of the molecule is N#Cc1ccc(CNc2ccc(Br)cc2OC(F)(F)F)s1. The third kappa shape index (κ3) is 4.65. The predicted octanol–water partition coefficient (Wildman–Crippen LogP) is 4.89. The van der Waals surface area contributed by atoms with Crippen molar-refractivity contribution in [2.24, 2.45) is 0 Å². The van der Waals surface area contributed by atoms with E-state index in [0.29, 0.717) is 15.9 Å². The lowest BCUT2D eigenvalue weighted by Gasteiger charge is -2.14. The van der Waals surface area contributed by atoms with Crippen LogP contribution in [0.4, 0.5) is 18.9 Å². The van der Waals surface area contributed by atoms with Gasteiger partial charge >= 0.3 is 6.36 Å². The first-order chi connectivity index (χ1) is 9.87. The normalized spacial score (nSPS) is 11.0. The Kier molecular flexibility index (Phi) is 4.75.